The van der Waals surface area contributed by atoms with Crippen LogP contribution in [0, 0.1) is 0 Å². The van der Waals surface area contributed by atoms with E-state index in [1.165, 1.54) is 0 Å². The van der Waals surface area contributed by atoms with Gasteiger partial charge in [-0.1, -0.05) is 22.0 Å². The van der Waals surface area contributed by atoms with Crippen molar-refractivity contribution in [2.24, 2.45) is 0 Å². The smallest absolute Gasteiger partial charge is 0.127 e. The van der Waals surface area contributed by atoms with E-state index in [0.717, 1.165) is 0 Å². The van der Waals surface area contributed by atoms with E-state index in [0.29, 0.717) is 4.83 Å². The summed E-state index contributed by atoms with van der Waals surface area (Å²) in [5.74, 6) is 2.03. The van der Waals surface area contributed by atoms with E-state index in [4.69, 9.17) is 0 Å². The summed E-state index contributed by atoms with van der Waals surface area (Å²) in [5.41, 5.74) is 0. The summed E-state index contributed by atoms with van der Waals surface area (Å²) in [6.07, 6.45) is 2.08. The Balaban J connectivity index is 3.03. The van der Waals surface area contributed by atoms with Crippen molar-refractivity contribution in [2.45, 2.75) is 11.8 Å². The second kappa shape index (κ2) is 3.47. The van der Waals surface area contributed by atoms with Crippen LogP contribution in [-0.4, -0.2) is 12.7 Å². The van der Waals surface area contributed by atoms with Crippen LogP contribution < -0.4 is 0 Å². The maximum Gasteiger partial charge on any atom is 0.129 e. The van der Waals surface area contributed by atoms with E-state index in [1.807, 2.05) is 13.8 Å². The highest BCUT2D eigenvalue weighted by atomic mass is 79.9. The molecule has 1 unspecified atom stereocenters. The normalized spacial score (nSPS) is 15.7. The van der Waals surface area contributed by atoms with Crippen molar-refractivity contribution >= 4 is 23.8 Å². The third-order valence-electron chi connectivity index (χ3n) is 0.458. The quantitative estimate of drug-likeness (QED) is 0.382. The molecule has 0 radical (unpaired) electrons. The highest BCUT2D eigenvalue weighted by Crippen LogP contribution is 1.95. The molecule has 0 aliphatic rings. The van der Waals surface area contributed by atoms with Gasteiger partial charge < -0.3 is 0 Å². The molecule has 2 heteroatoms. The van der Waals surface area contributed by atoms with Crippen LogP contribution in [0.1, 0.15) is 6.92 Å². The molecule has 0 aromatic carbocycles. The van der Waals surface area contributed by atoms with E-state index < -0.39 is 0 Å². The molecule has 0 spiro atoms. The van der Waals surface area contributed by atoms with Crippen LogP contribution >= 0.6 is 15.9 Å². The highest BCUT2D eigenvalue weighted by Gasteiger charge is 1.79. The summed E-state index contributed by atoms with van der Waals surface area (Å²) in [4.78, 5) is 0.530. The Bertz CT molecular complexity index is 49.5. The summed E-state index contributed by atoms with van der Waals surface area (Å²) >= 11 is 3.35. The average Bonchev–Trinajstić information content (AvgIpc) is 1.35. The van der Waals surface area contributed by atoms with Gasteiger partial charge in [0.2, 0.25) is 0 Å². The zero-order valence-corrected chi connectivity index (χ0v) is 5.70. The van der Waals surface area contributed by atoms with Crippen LogP contribution in [0.5, 0.6) is 0 Å². The third-order valence-corrected chi connectivity index (χ3v) is 0.763. The second-order valence-corrected chi connectivity index (χ2v) is 2.65. The van der Waals surface area contributed by atoms with E-state index in [1.54, 1.807) is 0 Å². The Kier molecular flexibility index (Phi) is 3.64. The molecule has 0 aromatic rings. The zero-order valence-electron chi connectivity index (χ0n) is 4.11. The minimum Gasteiger partial charge on any atom is -0.127 e. The van der Waals surface area contributed by atoms with Gasteiger partial charge in [-0.3, -0.25) is 0 Å². The van der Waals surface area contributed by atoms with E-state index in [-0.39, 0.29) is 0 Å². The van der Waals surface area contributed by atoms with Crippen LogP contribution in [0.15, 0.2) is 12.1 Å². The van der Waals surface area contributed by atoms with Gasteiger partial charge in [-0.2, -0.15) is 0 Å². The minimum absolute atomic E-state index is 0.530. The topological polar surface area (TPSA) is 0 Å². The molecule has 0 aromatic heterocycles. The van der Waals surface area contributed by atoms with Crippen molar-refractivity contribution in [3.05, 3.63) is 12.1 Å². The van der Waals surface area contributed by atoms with Gasteiger partial charge >= 0.3 is 0 Å². The number of allylic oxidation sites excluding steroid dienone is 1. The number of halogens is 1. The van der Waals surface area contributed by atoms with Crippen molar-refractivity contribution in [2.75, 3.05) is 0 Å². The molecule has 0 saturated carbocycles. The maximum absolute atomic E-state index is 3.35. The molecule has 0 nitrogen and oxygen atoms in total. The number of alkyl halides is 1. The van der Waals surface area contributed by atoms with Crippen molar-refractivity contribution in [3.63, 3.8) is 0 Å². The SMILES string of the molecule is BC=CC(C)Br. The maximum atomic E-state index is 3.35. The van der Waals surface area contributed by atoms with E-state index in [9.17, 15) is 0 Å². The molecule has 6 heavy (non-hydrogen) atoms. The monoisotopic (exact) mass is 146 g/mol. The lowest BCUT2D eigenvalue weighted by molar-refractivity contribution is 1.28. The Hall–Kier alpha value is 0.285. The Labute approximate surface area is 48.2 Å². The highest BCUT2D eigenvalue weighted by molar-refractivity contribution is 9.09. The standard InChI is InChI=1S/C4H8BBr/c1-4(6)2-3-5/h2-4H,5H2,1H3. The summed E-state index contributed by atoms with van der Waals surface area (Å²) in [7, 11) is 2.01. The summed E-state index contributed by atoms with van der Waals surface area (Å²) in [6, 6.07) is 0. The first kappa shape index (κ1) is 6.28. The zero-order chi connectivity index (χ0) is 4.99. The molecular formula is C4H8BBr. The van der Waals surface area contributed by atoms with Crippen LogP contribution in [0.2, 0.25) is 0 Å². The Morgan fingerprint density at radius 3 is 2.33 bits per heavy atom. The average molecular weight is 147 g/mol. The van der Waals surface area contributed by atoms with Gasteiger partial charge in [-0.15, -0.1) is 5.98 Å². The van der Waals surface area contributed by atoms with E-state index in [2.05, 4.69) is 28.9 Å². The Morgan fingerprint density at radius 1 is 1.83 bits per heavy atom. The molecule has 0 heterocycles. The van der Waals surface area contributed by atoms with Gasteiger partial charge in [0.05, 0.1) is 0 Å². The summed E-state index contributed by atoms with van der Waals surface area (Å²) in [5, 5.41) is 0. The van der Waals surface area contributed by atoms with E-state index >= 15 is 0 Å². The van der Waals surface area contributed by atoms with Gasteiger partial charge in [0.15, 0.2) is 0 Å². The fourth-order valence-corrected chi connectivity index (χ4v) is 0.570. The molecular weight excluding hydrogens is 139 g/mol. The molecule has 0 fully saturated rings. The Morgan fingerprint density at radius 2 is 2.33 bits per heavy atom. The molecule has 0 bridgehead atoms. The van der Waals surface area contributed by atoms with Gasteiger partial charge in [-0.25, -0.2) is 0 Å². The molecule has 1 atom stereocenters. The third kappa shape index (κ3) is 4.28. The molecule has 0 saturated heterocycles. The van der Waals surface area contributed by atoms with Crippen LogP contribution in [0.3, 0.4) is 0 Å². The first-order chi connectivity index (χ1) is 2.77. The second-order valence-electron chi connectivity index (χ2n) is 1.20. The van der Waals surface area contributed by atoms with Crippen LogP contribution in [0.4, 0.5) is 0 Å². The number of hydrogen-bond donors (Lipinski definition) is 0. The largest absolute Gasteiger partial charge is 0.129 e. The van der Waals surface area contributed by atoms with Crippen LogP contribution in [-0.2, 0) is 0 Å². The predicted octanol–water partition coefficient (Wildman–Crippen LogP) is 0.917. The van der Waals surface area contributed by atoms with Crippen molar-refractivity contribution < 1.29 is 0 Å². The van der Waals surface area contributed by atoms with Crippen LogP contribution in [0.25, 0.3) is 0 Å². The van der Waals surface area contributed by atoms with Crippen molar-refractivity contribution in [1.82, 2.24) is 0 Å². The molecule has 0 amide bonds. The summed E-state index contributed by atoms with van der Waals surface area (Å²) < 4.78 is 0. The predicted molar refractivity (Wildman–Crippen MR) is 36.1 cm³/mol. The van der Waals surface area contributed by atoms with Crippen molar-refractivity contribution in [1.29, 1.82) is 0 Å². The van der Waals surface area contributed by atoms with Gasteiger partial charge in [-0.05, 0) is 6.92 Å². The molecule has 0 rings (SSSR count). The number of rotatable bonds is 1. The molecule has 0 aliphatic carbocycles. The first-order valence-electron chi connectivity index (χ1n) is 2.04. The molecule has 34 valence electrons. The van der Waals surface area contributed by atoms with Gasteiger partial charge in [0.1, 0.15) is 7.85 Å². The molecule has 0 aliphatic heterocycles. The van der Waals surface area contributed by atoms with Gasteiger partial charge in [0.25, 0.3) is 0 Å². The lowest BCUT2D eigenvalue weighted by Gasteiger charge is -1.84. The van der Waals surface area contributed by atoms with Crippen molar-refractivity contribution in [3.8, 4) is 0 Å². The lowest BCUT2D eigenvalue weighted by atomic mass is 10.1. The lowest BCUT2D eigenvalue weighted by Crippen LogP contribution is -1.77. The molecule has 0 N–H and O–H groups in total. The van der Waals surface area contributed by atoms with Gasteiger partial charge in [0, 0.05) is 4.83 Å². The summed E-state index contributed by atoms with van der Waals surface area (Å²) in [6.45, 7) is 2.08. The number of hydrogen-bond acceptors (Lipinski definition) is 0. The fourth-order valence-electron chi connectivity index (χ4n) is 0.265. The fraction of sp³-hybridized carbons (Fsp3) is 0.500. The minimum atomic E-state index is 0.530. The first-order valence-corrected chi connectivity index (χ1v) is 2.96.